The third-order valence-corrected chi connectivity index (χ3v) is 5.98. The van der Waals surface area contributed by atoms with Crippen molar-refractivity contribution in [1.82, 2.24) is 20.1 Å². The molecular weight excluding hydrogens is 461 g/mol. The Morgan fingerprint density at radius 3 is 2.31 bits per heavy atom. The van der Waals surface area contributed by atoms with Gasteiger partial charge in [0.25, 0.3) is 0 Å². The standard InChI is InChI=1S/C25H19F3N4O3/c1-11-6-17(27)22(18(28)7-11)25(34,20-5-4-15(26)10-29-20)16-8-14(21-12(2)32-35-13(21)3)9-19-23(16)31-24(33)30-19/h4-10,34H,1-3H3,(H2,30,31,33). The number of fused-ring (bicyclic) bond motifs is 1. The number of hydrogen-bond acceptors (Lipinski definition) is 5. The summed E-state index contributed by atoms with van der Waals surface area (Å²) < 4.78 is 49.7. The number of rotatable bonds is 4. The molecule has 0 amide bonds. The van der Waals surface area contributed by atoms with E-state index in [4.69, 9.17) is 4.52 Å². The molecule has 3 aromatic heterocycles. The molecular formula is C25H19F3N4O3. The van der Waals surface area contributed by atoms with Gasteiger partial charge < -0.3 is 19.6 Å². The highest BCUT2D eigenvalue weighted by atomic mass is 19.1. The topological polar surface area (TPSA) is 108 Å². The molecule has 178 valence electrons. The Hall–Kier alpha value is -4.18. The molecule has 7 nitrogen and oxygen atoms in total. The zero-order valence-electron chi connectivity index (χ0n) is 18.8. The van der Waals surface area contributed by atoms with Gasteiger partial charge in [-0.1, -0.05) is 5.16 Å². The second-order valence-corrected chi connectivity index (χ2v) is 8.40. The van der Waals surface area contributed by atoms with E-state index in [9.17, 15) is 14.3 Å². The molecule has 0 saturated carbocycles. The van der Waals surface area contributed by atoms with Gasteiger partial charge in [-0.15, -0.1) is 0 Å². The van der Waals surface area contributed by atoms with E-state index in [1.165, 1.54) is 13.0 Å². The molecule has 1 atom stereocenters. The van der Waals surface area contributed by atoms with Crippen molar-refractivity contribution in [2.45, 2.75) is 26.4 Å². The minimum Gasteiger partial charge on any atom is -0.374 e. The van der Waals surface area contributed by atoms with E-state index in [0.29, 0.717) is 28.1 Å². The fourth-order valence-electron chi connectivity index (χ4n) is 4.50. The predicted octanol–water partition coefficient (Wildman–Crippen LogP) is 4.53. The number of benzene rings is 2. The first-order valence-electron chi connectivity index (χ1n) is 10.6. The fraction of sp³-hybridized carbons (Fsp3) is 0.160. The smallest absolute Gasteiger partial charge is 0.323 e. The van der Waals surface area contributed by atoms with Gasteiger partial charge in [0, 0.05) is 11.1 Å². The second-order valence-electron chi connectivity index (χ2n) is 8.40. The molecule has 3 heterocycles. The number of nitrogens with one attached hydrogen (secondary N) is 2. The van der Waals surface area contributed by atoms with Gasteiger partial charge in [-0.25, -0.2) is 18.0 Å². The molecule has 0 saturated heterocycles. The molecule has 5 aromatic rings. The Morgan fingerprint density at radius 1 is 1.00 bits per heavy atom. The van der Waals surface area contributed by atoms with Crippen LogP contribution in [0.25, 0.3) is 22.2 Å². The summed E-state index contributed by atoms with van der Waals surface area (Å²) in [5.74, 6) is -2.32. The van der Waals surface area contributed by atoms with Crippen LogP contribution in [0.4, 0.5) is 13.2 Å². The van der Waals surface area contributed by atoms with Gasteiger partial charge in [0.05, 0.1) is 34.2 Å². The number of aryl methyl sites for hydroxylation is 3. The summed E-state index contributed by atoms with van der Waals surface area (Å²) >= 11 is 0. The first-order chi connectivity index (χ1) is 16.6. The van der Waals surface area contributed by atoms with E-state index in [1.807, 2.05) is 0 Å². The predicted molar refractivity (Wildman–Crippen MR) is 121 cm³/mol. The lowest BCUT2D eigenvalue weighted by atomic mass is 9.80. The van der Waals surface area contributed by atoms with Gasteiger partial charge in [-0.05, 0) is 68.3 Å². The highest BCUT2D eigenvalue weighted by Crippen LogP contribution is 2.43. The molecule has 0 fully saturated rings. The van der Waals surface area contributed by atoms with Crippen LogP contribution in [-0.2, 0) is 5.60 Å². The van der Waals surface area contributed by atoms with Crippen molar-refractivity contribution < 1.29 is 22.8 Å². The molecule has 0 aliphatic rings. The molecule has 0 aliphatic carbocycles. The highest BCUT2D eigenvalue weighted by molar-refractivity contribution is 5.87. The van der Waals surface area contributed by atoms with E-state index >= 15 is 8.78 Å². The van der Waals surface area contributed by atoms with Gasteiger partial charge in [0.1, 0.15) is 23.2 Å². The van der Waals surface area contributed by atoms with Gasteiger partial charge in [0.15, 0.2) is 5.60 Å². The first-order valence-corrected chi connectivity index (χ1v) is 10.6. The van der Waals surface area contributed by atoms with Gasteiger partial charge in [0.2, 0.25) is 0 Å². The zero-order chi connectivity index (χ0) is 25.1. The minimum atomic E-state index is -2.56. The summed E-state index contributed by atoms with van der Waals surface area (Å²) in [4.78, 5) is 21.4. The van der Waals surface area contributed by atoms with Crippen LogP contribution >= 0.6 is 0 Å². The van der Waals surface area contributed by atoms with Crippen molar-refractivity contribution in [3.05, 3.63) is 104 Å². The van der Waals surface area contributed by atoms with Gasteiger partial charge in [-0.2, -0.15) is 0 Å². The Balaban J connectivity index is 1.94. The van der Waals surface area contributed by atoms with Crippen molar-refractivity contribution in [2.75, 3.05) is 0 Å². The molecule has 0 aliphatic heterocycles. The maximum atomic E-state index is 15.4. The van der Waals surface area contributed by atoms with Crippen LogP contribution in [-0.4, -0.2) is 25.2 Å². The van der Waals surface area contributed by atoms with E-state index in [1.54, 1.807) is 19.9 Å². The number of H-pyrrole nitrogens is 2. The number of aliphatic hydroxyl groups is 1. The Kier molecular flexibility index (Phi) is 5.13. The maximum Gasteiger partial charge on any atom is 0.323 e. The number of halogens is 3. The maximum absolute atomic E-state index is 15.4. The summed E-state index contributed by atoms with van der Waals surface area (Å²) in [5, 5.41) is 16.1. The van der Waals surface area contributed by atoms with E-state index in [-0.39, 0.29) is 22.3 Å². The molecule has 5 rings (SSSR count). The molecule has 2 aromatic carbocycles. The Labute approximate surface area is 196 Å². The Bertz CT molecular complexity index is 1610. The first kappa shape index (κ1) is 22.6. The number of aromatic nitrogens is 4. The van der Waals surface area contributed by atoms with Crippen LogP contribution in [0.15, 0.2) is 51.9 Å². The summed E-state index contributed by atoms with van der Waals surface area (Å²) in [5.41, 5.74) is -1.99. The lowest BCUT2D eigenvalue weighted by Gasteiger charge is -2.30. The number of hydrogen-bond donors (Lipinski definition) is 3. The van der Waals surface area contributed by atoms with Crippen molar-refractivity contribution in [3.63, 3.8) is 0 Å². The molecule has 35 heavy (non-hydrogen) atoms. The van der Waals surface area contributed by atoms with Crippen LogP contribution in [0.5, 0.6) is 0 Å². The minimum absolute atomic E-state index is 0.0795. The van der Waals surface area contributed by atoms with Gasteiger partial charge in [-0.3, -0.25) is 4.98 Å². The molecule has 10 heteroatoms. The van der Waals surface area contributed by atoms with E-state index in [0.717, 1.165) is 30.5 Å². The molecule has 0 radical (unpaired) electrons. The number of pyridine rings is 1. The Morgan fingerprint density at radius 2 is 1.71 bits per heavy atom. The number of imidazole rings is 1. The van der Waals surface area contributed by atoms with Crippen LogP contribution in [0.2, 0.25) is 0 Å². The SMILES string of the molecule is Cc1cc(F)c(C(O)(c2ccc(F)cn2)c2cc(-c3c(C)noc3C)cc3[nH]c(=O)[nH]c23)c(F)c1. The highest BCUT2D eigenvalue weighted by Gasteiger charge is 2.42. The second kappa shape index (κ2) is 7.95. The monoisotopic (exact) mass is 480 g/mol. The van der Waals surface area contributed by atoms with Crippen LogP contribution in [0.1, 0.15) is 33.8 Å². The number of nitrogens with zero attached hydrogens (tertiary/aromatic N) is 2. The normalized spacial score (nSPS) is 13.3. The van der Waals surface area contributed by atoms with Crippen LogP contribution in [0.3, 0.4) is 0 Å². The third kappa shape index (κ3) is 3.53. The van der Waals surface area contributed by atoms with E-state index in [2.05, 4.69) is 20.1 Å². The van der Waals surface area contributed by atoms with Crippen LogP contribution < -0.4 is 5.69 Å². The summed E-state index contributed by atoms with van der Waals surface area (Å²) in [7, 11) is 0. The average Bonchev–Trinajstić information content (AvgIpc) is 3.32. The lowest BCUT2D eigenvalue weighted by molar-refractivity contribution is 0.113. The number of aromatic amines is 2. The lowest BCUT2D eigenvalue weighted by Crippen LogP contribution is -2.33. The summed E-state index contributed by atoms with van der Waals surface area (Å²) in [6.45, 7) is 4.90. The van der Waals surface area contributed by atoms with Crippen molar-refractivity contribution in [2.24, 2.45) is 0 Å². The van der Waals surface area contributed by atoms with Crippen molar-refractivity contribution in [1.29, 1.82) is 0 Å². The summed E-state index contributed by atoms with van der Waals surface area (Å²) in [6, 6.07) is 7.40. The van der Waals surface area contributed by atoms with E-state index < -0.39 is 34.3 Å². The zero-order valence-corrected chi connectivity index (χ0v) is 18.8. The molecule has 0 bridgehead atoms. The quantitative estimate of drug-likeness (QED) is 0.350. The molecule has 1 unspecified atom stereocenters. The average molecular weight is 480 g/mol. The summed E-state index contributed by atoms with van der Waals surface area (Å²) in [6.07, 6.45) is 0.833. The molecule has 0 spiro atoms. The van der Waals surface area contributed by atoms with Crippen molar-refractivity contribution in [3.8, 4) is 11.1 Å². The van der Waals surface area contributed by atoms with Crippen LogP contribution in [0, 0.1) is 38.2 Å². The third-order valence-electron chi connectivity index (χ3n) is 5.98. The largest absolute Gasteiger partial charge is 0.374 e. The molecule has 3 N–H and O–H groups in total. The van der Waals surface area contributed by atoms with Crippen molar-refractivity contribution >= 4 is 11.0 Å². The van der Waals surface area contributed by atoms with Gasteiger partial charge >= 0.3 is 5.69 Å². The fourth-order valence-corrected chi connectivity index (χ4v) is 4.50.